The Balaban J connectivity index is 2.44. The molecular formula is C12H19N3O2. The van der Waals surface area contributed by atoms with Crippen LogP contribution in [0.5, 0.6) is 5.75 Å². The lowest BCUT2D eigenvalue weighted by molar-refractivity contribution is -0.131. The van der Waals surface area contributed by atoms with Gasteiger partial charge in [0, 0.05) is 20.1 Å². The van der Waals surface area contributed by atoms with Crippen molar-refractivity contribution in [1.82, 2.24) is 15.2 Å². The van der Waals surface area contributed by atoms with Crippen LogP contribution in [0.15, 0.2) is 18.3 Å². The lowest BCUT2D eigenvalue weighted by Crippen LogP contribution is -2.31. The molecule has 0 bridgehead atoms. The van der Waals surface area contributed by atoms with E-state index in [0.29, 0.717) is 12.3 Å². The molecule has 5 heteroatoms. The molecule has 1 N–H and O–H groups in total. The van der Waals surface area contributed by atoms with Gasteiger partial charge in [0.25, 0.3) is 5.91 Å². The molecule has 1 heterocycles. The van der Waals surface area contributed by atoms with Crippen LogP contribution in [0.25, 0.3) is 0 Å². The molecule has 0 aliphatic rings. The largest absolute Gasteiger partial charge is 0.482 e. The molecule has 17 heavy (non-hydrogen) atoms. The quantitative estimate of drug-likeness (QED) is 0.789. The topological polar surface area (TPSA) is 54.5 Å². The minimum Gasteiger partial charge on any atom is -0.482 e. The average molecular weight is 237 g/mol. The van der Waals surface area contributed by atoms with Crippen LogP contribution in [0.3, 0.4) is 0 Å². The SMILES string of the molecule is CCN(C)C(=O)COc1ccc(CNC)nc1. The minimum atomic E-state index is -0.0354. The second kappa shape index (κ2) is 6.85. The minimum absolute atomic E-state index is 0.0354. The van der Waals surface area contributed by atoms with E-state index in [1.54, 1.807) is 18.1 Å². The summed E-state index contributed by atoms with van der Waals surface area (Å²) < 4.78 is 5.35. The molecule has 0 radical (unpaired) electrons. The average Bonchev–Trinajstić information content (AvgIpc) is 2.37. The van der Waals surface area contributed by atoms with E-state index in [1.165, 1.54) is 0 Å². The summed E-state index contributed by atoms with van der Waals surface area (Å²) in [4.78, 5) is 17.3. The van der Waals surface area contributed by atoms with Crippen LogP contribution in [-0.4, -0.2) is 43.0 Å². The molecule has 1 aromatic rings. The second-order valence-electron chi connectivity index (χ2n) is 3.71. The van der Waals surface area contributed by atoms with E-state index in [2.05, 4.69) is 10.3 Å². The number of likely N-dealkylation sites (N-methyl/N-ethyl adjacent to an activating group) is 1. The van der Waals surface area contributed by atoms with E-state index in [-0.39, 0.29) is 12.5 Å². The van der Waals surface area contributed by atoms with Gasteiger partial charge < -0.3 is 15.0 Å². The highest BCUT2D eigenvalue weighted by molar-refractivity contribution is 5.77. The van der Waals surface area contributed by atoms with Gasteiger partial charge in [-0.25, -0.2) is 0 Å². The van der Waals surface area contributed by atoms with Crippen molar-refractivity contribution in [1.29, 1.82) is 0 Å². The monoisotopic (exact) mass is 237 g/mol. The first-order valence-corrected chi connectivity index (χ1v) is 5.63. The fraction of sp³-hybridized carbons (Fsp3) is 0.500. The van der Waals surface area contributed by atoms with Crippen molar-refractivity contribution >= 4 is 5.91 Å². The van der Waals surface area contributed by atoms with Crippen LogP contribution in [0.1, 0.15) is 12.6 Å². The predicted molar refractivity (Wildman–Crippen MR) is 65.8 cm³/mol. The van der Waals surface area contributed by atoms with Gasteiger partial charge in [-0.1, -0.05) is 0 Å². The number of nitrogens with one attached hydrogen (secondary N) is 1. The highest BCUT2D eigenvalue weighted by Gasteiger charge is 2.07. The van der Waals surface area contributed by atoms with Crippen molar-refractivity contribution in [3.8, 4) is 5.75 Å². The van der Waals surface area contributed by atoms with Crippen LogP contribution in [0.4, 0.5) is 0 Å². The van der Waals surface area contributed by atoms with Crippen LogP contribution < -0.4 is 10.1 Å². The smallest absolute Gasteiger partial charge is 0.260 e. The zero-order valence-electron chi connectivity index (χ0n) is 10.6. The number of carbonyl (C=O) groups excluding carboxylic acids is 1. The number of nitrogens with zero attached hydrogens (tertiary/aromatic N) is 2. The highest BCUT2D eigenvalue weighted by atomic mass is 16.5. The van der Waals surface area contributed by atoms with Gasteiger partial charge in [0.05, 0.1) is 11.9 Å². The molecule has 1 rings (SSSR count). The number of ether oxygens (including phenoxy) is 1. The van der Waals surface area contributed by atoms with Crippen LogP contribution in [0.2, 0.25) is 0 Å². The molecule has 1 amide bonds. The molecule has 0 atom stereocenters. The van der Waals surface area contributed by atoms with Gasteiger partial charge in [0.2, 0.25) is 0 Å². The first-order chi connectivity index (χ1) is 8.17. The summed E-state index contributed by atoms with van der Waals surface area (Å²) in [5, 5.41) is 3.01. The van der Waals surface area contributed by atoms with Gasteiger partial charge in [0.15, 0.2) is 6.61 Å². The Kier molecular flexibility index (Phi) is 5.42. The fourth-order valence-corrected chi connectivity index (χ4v) is 1.21. The van der Waals surface area contributed by atoms with Crippen LogP contribution >= 0.6 is 0 Å². The molecular weight excluding hydrogens is 218 g/mol. The van der Waals surface area contributed by atoms with Crippen LogP contribution in [-0.2, 0) is 11.3 Å². The molecule has 0 saturated heterocycles. The molecule has 0 spiro atoms. The lowest BCUT2D eigenvalue weighted by atomic mass is 10.3. The van der Waals surface area contributed by atoms with Crippen LogP contribution in [0, 0.1) is 0 Å². The van der Waals surface area contributed by atoms with E-state index in [4.69, 9.17) is 4.74 Å². The Morgan fingerprint density at radius 3 is 2.82 bits per heavy atom. The van der Waals surface area contributed by atoms with Gasteiger partial charge in [0.1, 0.15) is 5.75 Å². The van der Waals surface area contributed by atoms with Gasteiger partial charge in [-0.2, -0.15) is 0 Å². The third-order valence-electron chi connectivity index (χ3n) is 2.42. The first kappa shape index (κ1) is 13.4. The molecule has 1 aromatic heterocycles. The number of carbonyl (C=O) groups is 1. The summed E-state index contributed by atoms with van der Waals surface area (Å²) >= 11 is 0. The molecule has 0 aliphatic carbocycles. The number of aromatic nitrogens is 1. The summed E-state index contributed by atoms with van der Waals surface area (Å²) in [6.45, 7) is 3.38. The number of rotatable bonds is 6. The molecule has 0 aliphatic heterocycles. The first-order valence-electron chi connectivity index (χ1n) is 5.63. The van der Waals surface area contributed by atoms with E-state index in [9.17, 15) is 4.79 Å². The normalized spacial score (nSPS) is 10.1. The van der Waals surface area contributed by atoms with E-state index in [1.807, 2.05) is 26.1 Å². The van der Waals surface area contributed by atoms with Crippen molar-refractivity contribution in [2.75, 3.05) is 27.2 Å². The summed E-state index contributed by atoms with van der Waals surface area (Å²) in [6.07, 6.45) is 1.63. The van der Waals surface area contributed by atoms with E-state index in [0.717, 1.165) is 12.2 Å². The summed E-state index contributed by atoms with van der Waals surface area (Å²) in [7, 11) is 3.62. The Morgan fingerprint density at radius 2 is 2.29 bits per heavy atom. The zero-order chi connectivity index (χ0) is 12.7. The highest BCUT2D eigenvalue weighted by Crippen LogP contribution is 2.09. The van der Waals surface area contributed by atoms with Crippen molar-refractivity contribution in [2.24, 2.45) is 0 Å². The van der Waals surface area contributed by atoms with Gasteiger partial charge in [-0.3, -0.25) is 9.78 Å². The maximum absolute atomic E-state index is 11.5. The molecule has 0 unspecified atom stereocenters. The van der Waals surface area contributed by atoms with Crippen molar-refractivity contribution < 1.29 is 9.53 Å². The van der Waals surface area contributed by atoms with Crippen molar-refractivity contribution in [3.63, 3.8) is 0 Å². The maximum Gasteiger partial charge on any atom is 0.260 e. The van der Waals surface area contributed by atoms with Gasteiger partial charge >= 0.3 is 0 Å². The lowest BCUT2D eigenvalue weighted by Gasteiger charge is -2.14. The number of amides is 1. The van der Waals surface area contributed by atoms with Gasteiger partial charge in [-0.05, 0) is 26.1 Å². The Labute approximate surface area is 102 Å². The Morgan fingerprint density at radius 1 is 1.53 bits per heavy atom. The summed E-state index contributed by atoms with van der Waals surface area (Å²) in [5.41, 5.74) is 0.942. The predicted octanol–water partition coefficient (Wildman–Crippen LogP) is 0.658. The third-order valence-corrected chi connectivity index (χ3v) is 2.42. The summed E-state index contributed by atoms with van der Waals surface area (Å²) in [5.74, 6) is 0.578. The number of hydrogen-bond acceptors (Lipinski definition) is 4. The number of pyridine rings is 1. The van der Waals surface area contributed by atoms with Gasteiger partial charge in [-0.15, -0.1) is 0 Å². The molecule has 0 fully saturated rings. The molecule has 5 nitrogen and oxygen atoms in total. The third kappa shape index (κ3) is 4.40. The Hall–Kier alpha value is -1.62. The number of hydrogen-bond donors (Lipinski definition) is 1. The fourth-order valence-electron chi connectivity index (χ4n) is 1.21. The molecule has 0 aromatic carbocycles. The van der Waals surface area contributed by atoms with E-state index >= 15 is 0 Å². The Bertz CT molecular complexity index is 351. The second-order valence-corrected chi connectivity index (χ2v) is 3.71. The zero-order valence-corrected chi connectivity index (χ0v) is 10.6. The van der Waals surface area contributed by atoms with E-state index < -0.39 is 0 Å². The molecule has 0 saturated carbocycles. The van der Waals surface area contributed by atoms with Crippen molar-refractivity contribution in [3.05, 3.63) is 24.0 Å². The molecule has 94 valence electrons. The standard InChI is InChI=1S/C12H19N3O2/c1-4-15(3)12(16)9-17-11-6-5-10(7-13-2)14-8-11/h5-6,8,13H,4,7,9H2,1-3H3. The summed E-state index contributed by atoms with van der Waals surface area (Å²) in [6, 6.07) is 3.69. The van der Waals surface area contributed by atoms with Crippen molar-refractivity contribution in [2.45, 2.75) is 13.5 Å². The maximum atomic E-state index is 11.5.